The minimum atomic E-state index is 0.532. The highest BCUT2D eigenvalue weighted by molar-refractivity contribution is 7.19. The lowest BCUT2D eigenvalue weighted by atomic mass is 10.1. The topological polar surface area (TPSA) is 87.7 Å². The molecule has 0 radical (unpaired) electrons. The van der Waals surface area contributed by atoms with Crippen LogP contribution >= 0.6 is 11.3 Å². The van der Waals surface area contributed by atoms with Crippen molar-refractivity contribution in [1.29, 1.82) is 0 Å². The summed E-state index contributed by atoms with van der Waals surface area (Å²) < 4.78 is 11.0. The van der Waals surface area contributed by atoms with E-state index in [4.69, 9.17) is 19.4 Å². The molecule has 0 saturated carbocycles. The van der Waals surface area contributed by atoms with Crippen molar-refractivity contribution in [1.82, 2.24) is 19.9 Å². The second-order valence-electron chi connectivity index (χ2n) is 9.19. The maximum absolute atomic E-state index is 5.50. The SMILES string of the molecule is CCNc1nc(-c2cc(OC)cc(OC)c2)c(-c2ccnc(Nc3ccc(N4CCN(CC)CC4)cc3)n2)s1. The molecule has 0 unspecified atom stereocenters. The average molecular weight is 546 g/mol. The number of ether oxygens (including phenoxy) is 2. The molecule has 3 heterocycles. The Labute approximate surface area is 233 Å². The zero-order chi connectivity index (χ0) is 27.2. The summed E-state index contributed by atoms with van der Waals surface area (Å²) in [5.41, 5.74) is 4.68. The maximum atomic E-state index is 5.50. The summed E-state index contributed by atoms with van der Waals surface area (Å²) in [4.78, 5) is 20.1. The molecule has 1 aliphatic heterocycles. The van der Waals surface area contributed by atoms with Crippen LogP contribution in [0.1, 0.15) is 13.8 Å². The number of piperazine rings is 1. The van der Waals surface area contributed by atoms with E-state index in [-0.39, 0.29) is 0 Å². The quantitative estimate of drug-likeness (QED) is 0.264. The number of benzene rings is 2. The lowest BCUT2D eigenvalue weighted by Crippen LogP contribution is -2.46. The number of thiazole rings is 1. The number of hydrogen-bond acceptors (Lipinski definition) is 10. The van der Waals surface area contributed by atoms with Gasteiger partial charge in [-0.15, -0.1) is 0 Å². The number of aromatic nitrogens is 3. The van der Waals surface area contributed by atoms with E-state index in [1.165, 1.54) is 5.69 Å². The van der Waals surface area contributed by atoms with Gasteiger partial charge in [-0.1, -0.05) is 18.3 Å². The summed E-state index contributed by atoms with van der Waals surface area (Å²) in [5, 5.41) is 7.53. The third kappa shape index (κ3) is 6.23. The van der Waals surface area contributed by atoms with Crippen molar-refractivity contribution in [3.63, 3.8) is 0 Å². The normalized spacial score (nSPS) is 13.8. The van der Waals surface area contributed by atoms with Gasteiger partial charge in [0.2, 0.25) is 5.95 Å². The van der Waals surface area contributed by atoms with Crippen molar-refractivity contribution < 1.29 is 9.47 Å². The van der Waals surface area contributed by atoms with E-state index in [9.17, 15) is 0 Å². The molecule has 1 saturated heterocycles. The highest BCUT2D eigenvalue weighted by Crippen LogP contribution is 2.40. The molecule has 10 heteroatoms. The number of nitrogens with one attached hydrogen (secondary N) is 2. The van der Waals surface area contributed by atoms with E-state index in [1.54, 1.807) is 31.8 Å². The molecule has 0 aliphatic carbocycles. The Balaban J connectivity index is 1.39. The Morgan fingerprint density at radius 1 is 0.897 bits per heavy atom. The molecule has 2 aromatic heterocycles. The summed E-state index contributed by atoms with van der Waals surface area (Å²) in [6.07, 6.45) is 1.77. The second kappa shape index (κ2) is 12.3. The molecular formula is C29H35N7O2S. The van der Waals surface area contributed by atoms with Crippen molar-refractivity contribution in [3.8, 4) is 33.3 Å². The van der Waals surface area contributed by atoms with Crippen molar-refractivity contribution in [2.24, 2.45) is 0 Å². The summed E-state index contributed by atoms with van der Waals surface area (Å²) in [6.45, 7) is 10.5. The molecule has 0 amide bonds. The van der Waals surface area contributed by atoms with Crippen molar-refractivity contribution in [2.75, 3.05) is 69.0 Å². The molecule has 0 atom stereocenters. The minimum absolute atomic E-state index is 0.532. The first-order chi connectivity index (χ1) is 19.1. The van der Waals surface area contributed by atoms with Crippen LogP contribution in [0.2, 0.25) is 0 Å². The van der Waals surface area contributed by atoms with Gasteiger partial charge >= 0.3 is 0 Å². The van der Waals surface area contributed by atoms with E-state index < -0.39 is 0 Å². The smallest absolute Gasteiger partial charge is 0.227 e. The molecule has 2 N–H and O–H groups in total. The number of anilines is 4. The number of likely N-dealkylation sites (N-methyl/N-ethyl adjacent to an activating group) is 1. The van der Waals surface area contributed by atoms with E-state index in [0.29, 0.717) is 17.4 Å². The van der Waals surface area contributed by atoms with E-state index in [2.05, 4.69) is 63.5 Å². The molecule has 2 aromatic carbocycles. The maximum Gasteiger partial charge on any atom is 0.227 e. The highest BCUT2D eigenvalue weighted by atomic mass is 32.1. The van der Waals surface area contributed by atoms with Crippen molar-refractivity contribution in [3.05, 3.63) is 54.7 Å². The molecule has 1 fully saturated rings. The predicted octanol–water partition coefficient (Wildman–Crippen LogP) is 5.60. The lowest BCUT2D eigenvalue weighted by Gasteiger charge is -2.35. The Bertz CT molecular complexity index is 1360. The Hall–Kier alpha value is -3.89. The lowest BCUT2D eigenvalue weighted by molar-refractivity contribution is 0.271. The molecule has 0 spiro atoms. The number of nitrogens with zero attached hydrogens (tertiary/aromatic N) is 5. The number of methoxy groups -OCH3 is 2. The molecule has 4 aromatic rings. The van der Waals surface area contributed by atoms with Crippen LogP contribution in [0.3, 0.4) is 0 Å². The van der Waals surface area contributed by atoms with Crippen LogP contribution in [0.5, 0.6) is 11.5 Å². The summed E-state index contributed by atoms with van der Waals surface area (Å²) >= 11 is 1.56. The molecule has 0 bridgehead atoms. The summed E-state index contributed by atoms with van der Waals surface area (Å²) in [7, 11) is 3.29. The van der Waals surface area contributed by atoms with E-state index >= 15 is 0 Å². The van der Waals surface area contributed by atoms with Crippen LogP contribution in [0.4, 0.5) is 22.5 Å². The molecule has 204 valence electrons. The average Bonchev–Trinajstić information content (AvgIpc) is 3.42. The first-order valence-corrected chi connectivity index (χ1v) is 14.1. The van der Waals surface area contributed by atoms with Crippen molar-refractivity contribution >= 4 is 33.8 Å². The molecule has 39 heavy (non-hydrogen) atoms. The fourth-order valence-electron chi connectivity index (χ4n) is 4.61. The third-order valence-electron chi connectivity index (χ3n) is 6.78. The monoisotopic (exact) mass is 545 g/mol. The molecule has 1 aliphatic rings. The molecule has 9 nitrogen and oxygen atoms in total. The van der Waals surface area contributed by atoms with Crippen LogP contribution in [0.25, 0.3) is 21.8 Å². The van der Waals surface area contributed by atoms with E-state index in [1.807, 2.05) is 24.3 Å². The van der Waals surface area contributed by atoms with Gasteiger partial charge in [0.15, 0.2) is 5.13 Å². The van der Waals surface area contributed by atoms with Crippen LogP contribution in [-0.2, 0) is 0 Å². The van der Waals surface area contributed by atoms with Crippen LogP contribution in [0, 0.1) is 0 Å². The van der Waals surface area contributed by atoms with Gasteiger partial charge in [0.25, 0.3) is 0 Å². The van der Waals surface area contributed by atoms with Gasteiger partial charge in [-0.3, -0.25) is 0 Å². The fourth-order valence-corrected chi connectivity index (χ4v) is 5.64. The van der Waals surface area contributed by atoms with Crippen LogP contribution in [0.15, 0.2) is 54.7 Å². The minimum Gasteiger partial charge on any atom is -0.497 e. The van der Waals surface area contributed by atoms with Gasteiger partial charge < -0.3 is 29.9 Å². The first kappa shape index (κ1) is 26.7. The standard InChI is InChI=1S/C29H35N7O2S/c1-5-30-29-34-26(20-17-23(37-3)19-24(18-20)38-4)27(39-29)25-11-12-31-28(33-25)32-21-7-9-22(10-8-21)36-15-13-35(6-2)14-16-36/h7-12,17-19H,5-6,13-16H2,1-4H3,(H,30,34)(H,31,32,33). The zero-order valence-electron chi connectivity index (χ0n) is 22.9. The van der Waals surface area contributed by atoms with Crippen LogP contribution < -0.4 is 25.0 Å². The van der Waals surface area contributed by atoms with Crippen LogP contribution in [-0.4, -0.2) is 73.3 Å². The molecule has 5 rings (SSSR count). The second-order valence-corrected chi connectivity index (χ2v) is 10.2. The van der Waals surface area contributed by atoms with Gasteiger partial charge in [0, 0.05) is 61.9 Å². The molecular weight excluding hydrogens is 510 g/mol. The zero-order valence-corrected chi connectivity index (χ0v) is 23.7. The highest BCUT2D eigenvalue weighted by Gasteiger charge is 2.19. The number of hydrogen-bond donors (Lipinski definition) is 2. The first-order valence-electron chi connectivity index (χ1n) is 13.3. The summed E-state index contributed by atoms with van der Waals surface area (Å²) in [5.74, 6) is 1.94. The fraction of sp³-hybridized carbons (Fsp3) is 0.345. The van der Waals surface area contributed by atoms with E-state index in [0.717, 1.165) is 71.9 Å². The third-order valence-corrected chi connectivity index (χ3v) is 7.81. The predicted molar refractivity (Wildman–Crippen MR) is 160 cm³/mol. The van der Waals surface area contributed by atoms with Gasteiger partial charge in [0.1, 0.15) is 11.5 Å². The van der Waals surface area contributed by atoms with Gasteiger partial charge in [-0.2, -0.15) is 0 Å². The number of rotatable bonds is 10. The van der Waals surface area contributed by atoms with Gasteiger partial charge in [-0.25, -0.2) is 15.0 Å². The van der Waals surface area contributed by atoms with Gasteiger partial charge in [0.05, 0.1) is 30.5 Å². The summed E-state index contributed by atoms with van der Waals surface area (Å²) in [6, 6.07) is 16.2. The largest absolute Gasteiger partial charge is 0.497 e. The Kier molecular flexibility index (Phi) is 8.43. The van der Waals surface area contributed by atoms with Gasteiger partial charge in [-0.05, 0) is 55.9 Å². The Morgan fingerprint density at radius 2 is 1.62 bits per heavy atom. The van der Waals surface area contributed by atoms with Crippen molar-refractivity contribution in [2.45, 2.75) is 13.8 Å². The Morgan fingerprint density at radius 3 is 2.26 bits per heavy atom.